The number of nitrogens with zero attached hydrogens (tertiary/aromatic N) is 2. The van der Waals surface area contributed by atoms with E-state index in [-0.39, 0.29) is 11.3 Å². The van der Waals surface area contributed by atoms with E-state index >= 15 is 0 Å². The van der Waals surface area contributed by atoms with E-state index in [0.717, 1.165) is 18.5 Å². The maximum Gasteiger partial charge on any atom is 0.225 e. The number of amides is 1. The van der Waals surface area contributed by atoms with Gasteiger partial charge in [-0.05, 0) is 32.2 Å². The summed E-state index contributed by atoms with van der Waals surface area (Å²) in [7, 11) is 1.81. The summed E-state index contributed by atoms with van der Waals surface area (Å²) in [5.41, 5.74) is -0.343. The molecular weight excluding hydrogens is 326 g/mol. The lowest BCUT2D eigenvalue weighted by Crippen LogP contribution is -2.54. The van der Waals surface area contributed by atoms with Crippen LogP contribution in [-0.2, 0) is 4.79 Å². The Hall–Kier alpha value is -1.30. The van der Waals surface area contributed by atoms with Gasteiger partial charge in [-0.2, -0.15) is 0 Å². The molecule has 2 fully saturated rings. The number of nitrogens with one attached hydrogen (secondary N) is 3. The van der Waals surface area contributed by atoms with Crippen LogP contribution in [0.1, 0.15) is 65.7 Å². The van der Waals surface area contributed by atoms with Gasteiger partial charge in [0.15, 0.2) is 5.96 Å². The van der Waals surface area contributed by atoms with Gasteiger partial charge in [0.2, 0.25) is 5.91 Å². The fraction of sp³-hybridized carbons (Fsp3) is 0.900. The highest BCUT2D eigenvalue weighted by Gasteiger charge is 2.27. The van der Waals surface area contributed by atoms with Crippen LogP contribution in [0.4, 0.5) is 0 Å². The molecule has 0 aromatic rings. The Balaban J connectivity index is 1.70. The molecule has 6 heteroatoms. The number of carbonyl (C=O) groups is 1. The first kappa shape index (κ1) is 21.0. The third kappa shape index (κ3) is 6.78. The minimum atomic E-state index is -0.343. The molecule has 0 aromatic heterocycles. The lowest BCUT2D eigenvalue weighted by atomic mass is 9.92. The minimum absolute atomic E-state index is 0.0812. The highest BCUT2D eigenvalue weighted by atomic mass is 16.2. The van der Waals surface area contributed by atoms with Gasteiger partial charge in [-0.15, -0.1) is 0 Å². The van der Waals surface area contributed by atoms with Gasteiger partial charge in [-0.25, -0.2) is 0 Å². The van der Waals surface area contributed by atoms with E-state index in [1.165, 1.54) is 51.5 Å². The Morgan fingerprint density at radius 3 is 2.38 bits per heavy atom. The van der Waals surface area contributed by atoms with Crippen LogP contribution < -0.4 is 16.0 Å². The number of aliphatic imine (C=N–C) groups is 1. The van der Waals surface area contributed by atoms with Gasteiger partial charge >= 0.3 is 0 Å². The number of likely N-dealkylation sites (tertiary alicyclic amines) is 1. The van der Waals surface area contributed by atoms with Crippen LogP contribution in [0.2, 0.25) is 0 Å². The molecule has 26 heavy (non-hydrogen) atoms. The molecule has 0 bridgehead atoms. The van der Waals surface area contributed by atoms with E-state index in [0.29, 0.717) is 19.1 Å². The van der Waals surface area contributed by atoms with Crippen molar-refractivity contribution in [3.8, 4) is 0 Å². The fourth-order valence-electron chi connectivity index (χ4n) is 3.91. The first-order valence-corrected chi connectivity index (χ1v) is 10.4. The molecule has 1 aliphatic heterocycles. The average molecular weight is 366 g/mol. The smallest absolute Gasteiger partial charge is 0.225 e. The summed E-state index contributed by atoms with van der Waals surface area (Å²) >= 11 is 0. The number of carbonyl (C=O) groups excluding carboxylic acids is 1. The van der Waals surface area contributed by atoms with Gasteiger partial charge in [0, 0.05) is 44.2 Å². The molecule has 0 spiro atoms. The van der Waals surface area contributed by atoms with Gasteiger partial charge in [-0.3, -0.25) is 14.7 Å². The second-order valence-electron chi connectivity index (χ2n) is 8.78. The molecule has 6 nitrogen and oxygen atoms in total. The predicted molar refractivity (Wildman–Crippen MR) is 108 cm³/mol. The first-order chi connectivity index (χ1) is 12.4. The number of piperidine rings is 1. The van der Waals surface area contributed by atoms with Gasteiger partial charge in [0.1, 0.15) is 0 Å². The maximum absolute atomic E-state index is 11.9. The van der Waals surface area contributed by atoms with E-state index in [2.05, 4.69) is 25.8 Å². The quantitative estimate of drug-likeness (QED) is 0.396. The van der Waals surface area contributed by atoms with Gasteiger partial charge in [0.05, 0.1) is 0 Å². The van der Waals surface area contributed by atoms with Crippen molar-refractivity contribution in [2.24, 2.45) is 10.4 Å². The number of rotatable bonds is 5. The highest BCUT2D eigenvalue weighted by Crippen LogP contribution is 2.25. The van der Waals surface area contributed by atoms with Crippen LogP contribution in [0.25, 0.3) is 0 Å². The van der Waals surface area contributed by atoms with Crippen molar-refractivity contribution < 1.29 is 4.79 Å². The summed E-state index contributed by atoms with van der Waals surface area (Å²) < 4.78 is 0. The van der Waals surface area contributed by atoms with E-state index < -0.39 is 0 Å². The predicted octanol–water partition coefficient (Wildman–Crippen LogP) is 2.11. The molecule has 3 N–H and O–H groups in total. The Morgan fingerprint density at radius 1 is 1.04 bits per heavy atom. The topological polar surface area (TPSA) is 68.8 Å². The van der Waals surface area contributed by atoms with E-state index in [9.17, 15) is 4.79 Å². The minimum Gasteiger partial charge on any atom is -0.355 e. The molecular formula is C20H39N5O. The Kier molecular flexibility index (Phi) is 8.19. The van der Waals surface area contributed by atoms with Crippen molar-refractivity contribution in [1.82, 2.24) is 20.9 Å². The summed E-state index contributed by atoms with van der Waals surface area (Å²) in [6.45, 7) is 9.43. The van der Waals surface area contributed by atoms with Crippen molar-refractivity contribution in [2.75, 3.05) is 33.2 Å². The van der Waals surface area contributed by atoms with Gasteiger partial charge in [-0.1, -0.05) is 40.0 Å². The zero-order chi connectivity index (χ0) is 19.0. The van der Waals surface area contributed by atoms with Gasteiger partial charge < -0.3 is 16.0 Å². The first-order valence-electron chi connectivity index (χ1n) is 10.4. The summed E-state index contributed by atoms with van der Waals surface area (Å²) in [4.78, 5) is 18.9. The SMILES string of the molecule is CN=C(NCCNC(=O)C(C)(C)C)NC1CCCN(C2CCCCC2)C1. The molecule has 150 valence electrons. The van der Waals surface area contributed by atoms with E-state index in [1.807, 2.05) is 27.8 Å². The van der Waals surface area contributed by atoms with Crippen molar-refractivity contribution >= 4 is 11.9 Å². The van der Waals surface area contributed by atoms with Crippen molar-refractivity contribution in [3.05, 3.63) is 0 Å². The Morgan fingerprint density at radius 2 is 1.73 bits per heavy atom. The zero-order valence-corrected chi connectivity index (χ0v) is 17.2. The molecule has 2 aliphatic rings. The number of hydrogen-bond acceptors (Lipinski definition) is 3. The molecule has 1 saturated carbocycles. The molecule has 1 aliphatic carbocycles. The molecule has 1 heterocycles. The third-order valence-electron chi connectivity index (χ3n) is 5.49. The van der Waals surface area contributed by atoms with Crippen LogP contribution >= 0.6 is 0 Å². The molecule has 0 radical (unpaired) electrons. The van der Waals surface area contributed by atoms with E-state index in [1.54, 1.807) is 0 Å². The van der Waals surface area contributed by atoms with Crippen LogP contribution in [0.15, 0.2) is 4.99 Å². The van der Waals surface area contributed by atoms with Crippen molar-refractivity contribution in [2.45, 2.75) is 77.8 Å². The molecule has 1 unspecified atom stereocenters. The third-order valence-corrected chi connectivity index (χ3v) is 5.49. The van der Waals surface area contributed by atoms with E-state index in [4.69, 9.17) is 0 Å². The second kappa shape index (κ2) is 10.1. The Bertz CT molecular complexity index is 465. The molecule has 2 rings (SSSR count). The molecule has 1 saturated heterocycles. The largest absolute Gasteiger partial charge is 0.355 e. The average Bonchev–Trinajstić information content (AvgIpc) is 2.64. The molecule has 1 atom stereocenters. The monoisotopic (exact) mass is 365 g/mol. The maximum atomic E-state index is 11.9. The van der Waals surface area contributed by atoms with Crippen molar-refractivity contribution in [1.29, 1.82) is 0 Å². The van der Waals surface area contributed by atoms with Crippen LogP contribution in [-0.4, -0.2) is 62.1 Å². The van der Waals surface area contributed by atoms with Crippen LogP contribution in [0.5, 0.6) is 0 Å². The summed E-state index contributed by atoms with van der Waals surface area (Å²) in [5.74, 6) is 0.920. The lowest BCUT2D eigenvalue weighted by molar-refractivity contribution is -0.128. The second-order valence-corrected chi connectivity index (χ2v) is 8.78. The normalized spacial score (nSPS) is 23.5. The van der Waals surface area contributed by atoms with Crippen LogP contribution in [0, 0.1) is 5.41 Å². The van der Waals surface area contributed by atoms with Gasteiger partial charge in [0.25, 0.3) is 0 Å². The fourth-order valence-corrected chi connectivity index (χ4v) is 3.91. The summed E-state index contributed by atoms with van der Waals surface area (Å²) in [5, 5.41) is 9.86. The molecule has 0 aromatic carbocycles. The summed E-state index contributed by atoms with van der Waals surface area (Å²) in [6.07, 6.45) is 9.39. The molecule has 1 amide bonds. The summed E-state index contributed by atoms with van der Waals surface area (Å²) in [6, 6.07) is 1.25. The van der Waals surface area contributed by atoms with Crippen LogP contribution in [0.3, 0.4) is 0 Å². The van der Waals surface area contributed by atoms with Crippen molar-refractivity contribution in [3.63, 3.8) is 0 Å². The highest BCUT2D eigenvalue weighted by molar-refractivity contribution is 5.82. The standard InChI is InChI=1S/C20H39N5O/c1-20(2,3)18(26)22-12-13-23-19(21-4)24-16-9-8-14-25(15-16)17-10-6-5-7-11-17/h16-17H,5-15H2,1-4H3,(H,22,26)(H2,21,23,24). The zero-order valence-electron chi connectivity index (χ0n) is 17.2. The number of hydrogen-bond donors (Lipinski definition) is 3. The Labute approximate surface area is 159 Å². The number of guanidine groups is 1. The lowest BCUT2D eigenvalue weighted by Gasteiger charge is -2.40.